The standard InChI is InChI=1S/C14H17F3N6O3/c1-9-7-11(14(15,16)17)19-21(9)5-3-13(24)18-4-6-22-10(2)8-12(20-22)23(25)26/h7-8H,3-6H2,1-2H3,(H,18,24). The van der Waals surface area contributed by atoms with Gasteiger partial charge in [0, 0.05) is 25.2 Å². The summed E-state index contributed by atoms with van der Waals surface area (Å²) in [6.07, 6.45) is -4.57. The highest BCUT2D eigenvalue weighted by Crippen LogP contribution is 2.28. The van der Waals surface area contributed by atoms with E-state index in [4.69, 9.17) is 0 Å². The largest absolute Gasteiger partial charge is 0.435 e. The predicted octanol–water partition coefficient (Wildman–Crippen LogP) is 1.83. The lowest BCUT2D eigenvalue weighted by Gasteiger charge is -2.06. The number of carbonyl (C=O) groups is 1. The quantitative estimate of drug-likeness (QED) is 0.588. The summed E-state index contributed by atoms with van der Waals surface area (Å²) in [7, 11) is 0. The monoisotopic (exact) mass is 374 g/mol. The van der Waals surface area contributed by atoms with Gasteiger partial charge in [-0.2, -0.15) is 23.0 Å². The molecule has 0 aromatic carbocycles. The van der Waals surface area contributed by atoms with Crippen molar-refractivity contribution in [3.8, 4) is 0 Å². The van der Waals surface area contributed by atoms with Crippen LogP contribution in [0.1, 0.15) is 23.5 Å². The minimum absolute atomic E-state index is 0.0139. The fourth-order valence-corrected chi connectivity index (χ4v) is 2.28. The number of nitrogens with zero attached hydrogens (tertiary/aromatic N) is 5. The summed E-state index contributed by atoms with van der Waals surface area (Å²) >= 11 is 0. The van der Waals surface area contributed by atoms with Crippen molar-refractivity contribution in [2.75, 3.05) is 6.54 Å². The maximum absolute atomic E-state index is 12.6. The maximum Gasteiger partial charge on any atom is 0.435 e. The van der Waals surface area contributed by atoms with Gasteiger partial charge >= 0.3 is 12.0 Å². The highest BCUT2D eigenvalue weighted by molar-refractivity contribution is 5.75. The molecule has 2 rings (SSSR count). The van der Waals surface area contributed by atoms with E-state index in [2.05, 4.69) is 15.5 Å². The lowest BCUT2D eigenvalue weighted by Crippen LogP contribution is -2.28. The summed E-state index contributed by atoms with van der Waals surface area (Å²) in [6, 6.07) is 2.24. The maximum atomic E-state index is 12.6. The first-order valence-electron chi connectivity index (χ1n) is 7.65. The zero-order valence-electron chi connectivity index (χ0n) is 14.1. The highest BCUT2D eigenvalue weighted by Gasteiger charge is 2.34. The van der Waals surface area contributed by atoms with Crippen molar-refractivity contribution in [3.63, 3.8) is 0 Å². The molecule has 0 fully saturated rings. The van der Waals surface area contributed by atoms with Crippen LogP contribution in [0.25, 0.3) is 0 Å². The molecule has 9 nitrogen and oxygen atoms in total. The molecule has 0 atom stereocenters. The Balaban J connectivity index is 1.81. The number of nitrogens with one attached hydrogen (secondary N) is 1. The van der Waals surface area contributed by atoms with Gasteiger partial charge in [-0.05, 0) is 24.8 Å². The van der Waals surface area contributed by atoms with E-state index in [-0.39, 0.29) is 37.8 Å². The number of halogens is 3. The van der Waals surface area contributed by atoms with Crippen LogP contribution in [0.15, 0.2) is 12.1 Å². The SMILES string of the molecule is Cc1cc([N+](=O)[O-])nn1CCNC(=O)CCn1nc(C(F)(F)F)cc1C. The Morgan fingerprint density at radius 2 is 1.81 bits per heavy atom. The Hall–Kier alpha value is -2.92. The lowest BCUT2D eigenvalue weighted by atomic mass is 10.3. The van der Waals surface area contributed by atoms with Gasteiger partial charge in [0.2, 0.25) is 5.91 Å². The fraction of sp³-hybridized carbons (Fsp3) is 0.500. The van der Waals surface area contributed by atoms with Gasteiger partial charge in [-0.25, -0.2) is 0 Å². The van der Waals surface area contributed by atoms with E-state index < -0.39 is 16.8 Å². The molecule has 0 aliphatic rings. The van der Waals surface area contributed by atoms with E-state index in [9.17, 15) is 28.1 Å². The molecule has 0 radical (unpaired) electrons. The third kappa shape index (κ3) is 4.80. The molecule has 0 aliphatic heterocycles. The van der Waals surface area contributed by atoms with Gasteiger partial charge in [0.25, 0.3) is 0 Å². The minimum Gasteiger partial charge on any atom is -0.358 e. The van der Waals surface area contributed by atoms with Crippen molar-refractivity contribution in [1.82, 2.24) is 24.9 Å². The number of aryl methyl sites for hydroxylation is 3. The molecular formula is C14H17F3N6O3. The van der Waals surface area contributed by atoms with E-state index in [1.165, 1.54) is 17.7 Å². The first-order chi connectivity index (χ1) is 12.1. The van der Waals surface area contributed by atoms with Crippen LogP contribution in [-0.2, 0) is 24.1 Å². The normalized spacial score (nSPS) is 11.6. The van der Waals surface area contributed by atoms with Crippen LogP contribution in [0.2, 0.25) is 0 Å². The van der Waals surface area contributed by atoms with Crippen molar-refractivity contribution >= 4 is 11.7 Å². The van der Waals surface area contributed by atoms with E-state index in [1.54, 1.807) is 6.92 Å². The molecule has 0 saturated carbocycles. The molecule has 0 bridgehead atoms. The van der Waals surface area contributed by atoms with Crippen molar-refractivity contribution in [1.29, 1.82) is 0 Å². The van der Waals surface area contributed by atoms with Gasteiger partial charge in [-0.15, -0.1) is 0 Å². The molecule has 142 valence electrons. The number of carbonyl (C=O) groups excluding carboxylic acids is 1. The summed E-state index contributed by atoms with van der Waals surface area (Å²) in [4.78, 5) is 21.8. The Labute approximate surface area is 145 Å². The number of hydrogen-bond acceptors (Lipinski definition) is 5. The molecule has 0 saturated heterocycles. The van der Waals surface area contributed by atoms with Crippen LogP contribution in [0.4, 0.5) is 19.0 Å². The molecule has 2 heterocycles. The molecule has 0 aliphatic carbocycles. The topological polar surface area (TPSA) is 108 Å². The highest BCUT2D eigenvalue weighted by atomic mass is 19.4. The average Bonchev–Trinajstić information content (AvgIpc) is 3.08. The first kappa shape index (κ1) is 19.4. The van der Waals surface area contributed by atoms with Gasteiger partial charge in [-0.1, -0.05) is 0 Å². The third-order valence-electron chi connectivity index (χ3n) is 3.62. The van der Waals surface area contributed by atoms with Crippen LogP contribution in [-0.4, -0.2) is 36.9 Å². The Bertz CT molecular complexity index is 811. The fourth-order valence-electron chi connectivity index (χ4n) is 2.28. The molecule has 1 N–H and O–H groups in total. The summed E-state index contributed by atoms with van der Waals surface area (Å²) in [6.45, 7) is 3.57. The summed E-state index contributed by atoms with van der Waals surface area (Å²) in [5.74, 6) is -0.642. The molecular weight excluding hydrogens is 357 g/mol. The second kappa shape index (κ2) is 7.54. The summed E-state index contributed by atoms with van der Waals surface area (Å²) < 4.78 is 40.3. The van der Waals surface area contributed by atoms with E-state index in [0.29, 0.717) is 11.4 Å². The predicted molar refractivity (Wildman–Crippen MR) is 83.2 cm³/mol. The van der Waals surface area contributed by atoms with Crippen molar-refractivity contribution in [2.24, 2.45) is 0 Å². The molecule has 0 unspecified atom stereocenters. The van der Waals surface area contributed by atoms with Gasteiger partial charge < -0.3 is 15.4 Å². The van der Waals surface area contributed by atoms with E-state index in [0.717, 1.165) is 10.7 Å². The number of hydrogen-bond donors (Lipinski definition) is 1. The van der Waals surface area contributed by atoms with Crippen LogP contribution < -0.4 is 5.32 Å². The third-order valence-corrected chi connectivity index (χ3v) is 3.62. The number of rotatable bonds is 7. The van der Waals surface area contributed by atoms with Gasteiger partial charge in [-0.3, -0.25) is 9.48 Å². The Kier molecular flexibility index (Phi) is 5.63. The lowest BCUT2D eigenvalue weighted by molar-refractivity contribution is -0.389. The van der Waals surface area contributed by atoms with Crippen molar-refractivity contribution in [2.45, 2.75) is 39.5 Å². The zero-order chi connectivity index (χ0) is 19.5. The van der Waals surface area contributed by atoms with Crippen molar-refractivity contribution < 1.29 is 22.9 Å². The molecule has 12 heteroatoms. The number of amides is 1. The second-order valence-electron chi connectivity index (χ2n) is 5.62. The minimum atomic E-state index is -4.53. The van der Waals surface area contributed by atoms with E-state index >= 15 is 0 Å². The van der Waals surface area contributed by atoms with Gasteiger partial charge in [0.05, 0.1) is 23.4 Å². The van der Waals surface area contributed by atoms with Crippen molar-refractivity contribution in [3.05, 3.63) is 39.3 Å². The summed E-state index contributed by atoms with van der Waals surface area (Å²) in [5, 5.41) is 20.5. The van der Waals surface area contributed by atoms with Gasteiger partial charge in [0.15, 0.2) is 5.69 Å². The number of alkyl halides is 3. The molecule has 2 aromatic heterocycles. The zero-order valence-corrected chi connectivity index (χ0v) is 14.1. The summed E-state index contributed by atoms with van der Waals surface area (Å²) in [5.41, 5.74) is -0.103. The van der Waals surface area contributed by atoms with Gasteiger partial charge in [0.1, 0.15) is 0 Å². The first-order valence-corrected chi connectivity index (χ1v) is 7.65. The average molecular weight is 374 g/mol. The van der Waals surface area contributed by atoms with Crippen LogP contribution >= 0.6 is 0 Å². The number of aromatic nitrogens is 4. The Morgan fingerprint density at radius 3 is 2.35 bits per heavy atom. The van der Waals surface area contributed by atoms with Crippen LogP contribution in [0.3, 0.4) is 0 Å². The molecule has 0 spiro atoms. The molecule has 2 aromatic rings. The molecule has 26 heavy (non-hydrogen) atoms. The Morgan fingerprint density at radius 1 is 1.19 bits per heavy atom. The second-order valence-corrected chi connectivity index (χ2v) is 5.62. The van der Waals surface area contributed by atoms with Crippen LogP contribution in [0, 0.1) is 24.0 Å². The van der Waals surface area contributed by atoms with Crippen LogP contribution in [0.5, 0.6) is 0 Å². The number of nitro groups is 1. The molecule has 1 amide bonds. The smallest absolute Gasteiger partial charge is 0.358 e. The van der Waals surface area contributed by atoms with E-state index in [1.807, 2.05) is 0 Å².